The molecule has 4 aliphatic rings. The Morgan fingerprint density at radius 2 is 1.91 bits per heavy atom. The van der Waals surface area contributed by atoms with E-state index in [4.69, 9.17) is 5.11 Å². The van der Waals surface area contributed by atoms with Crippen molar-refractivity contribution < 1.29 is 19.5 Å². The number of aliphatic hydroxyl groups excluding tert-OH is 1. The number of carbonyl (C=O) groups excluding carboxylic acids is 3. The van der Waals surface area contributed by atoms with Gasteiger partial charge in [-0.05, 0) is 32.6 Å². The van der Waals surface area contributed by atoms with Gasteiger partial charge in [0.2, 0.25) is 17.7 Å². The highest BCUT2D eigenvalue weighted by atomic mass is 32.2. The largest absolute Gasteiger partial charge is 0.396 e. The molecule has 0 saturated carbocycles. The van der Waals surface area contributed by atoms with E-state index >= 15 is 0 Å². The van der Waals surface area contributed by atoms with Gasteiger partial charge < -0.3 is 19.8 Å². The van der Waals surface area contributed by atoms with Crippen LogP contribution in [0, 0.1) is 11.8 Å². The SMILES string of the molecule is CCCC(C)N1CC=C[C@]23S[C@@H]4C=CCN(C)C(=O)[C@@H]4[C@H]2C(=O)N(CCCCCO)C3C1=O. The molecule has 8 heteroatoms. The number of aliphatic hydroxyl groups is 1. The molecule has 7 nitrogen and oxygen atoms in total. The topological polar surface area (TPSA) is 81.2 Å². The Morgan fingerprint density at radius 1 is 1.12 bits per heavy atom. The minimum atomic E-state index is -0.723. The number of rotatable bonds is 8. The highest BCUT2D eigenvalue weighted by Crippen LogP contribution is 2.61. The highest BCUT2D eigenvalue weighted by molar-refractivity contribution is 8.02. The Morgan fingerprint density at radius 3 is 2.64 bits per heavy atom. The fourth-order valence-corrected chi connectivity index (χ4v) is 8.07. The first-order valence-corrected chi connectivity index (χ1v) is 13.2. The molecule has 1 N–H and O–H groups in total. The standard InChI is InChI=1S/C25H37N3O4S/c1-4-10-17(2)27-15-9-12-25-20(19-18(33-25)11-8-13-26(3)22(19)30)23(31)28(21(25)24(27)32)14-6-5-7-16-29/h8-9,11-12,17-21,29H,4-7,10,13-16H2,1-3H3/t17?,18-,19+,20+,21?,25+/m1/s1. The molecule has 0 aromatic heterocycles. The van der Waals surface area contributed by atoms with Crippen LogP contribution in [0.1, 0.15) is 46.0 Å². The van der Waals surface area contributed by atoms with Gasteiger partial charge in [0.25, 0.3) is 0 Å². The summed E-state index contributed by atoms with van der Waals surface area (Å²) in [5.41, 5.74) is 0. The molecule has 0 radical (unpaired) electrons. The van der Waals surface area contributed by atoms with Crippen molar-refractivity contribution in [2.45, 2.75) is 68.0 Å². The van der Waals surface area contributed by atoms with Gasteiger partial charge in [0, 0.05) is 44.6 Å². The van der Waals surface area contributed by atoms with Gasteiger partial charge in [0.05, 0.1) is 16.6 Å². The van der Waals surface area contributed by atoms with Crippen molar-refractivity contribution in [2.24, 2.45) is 11.8 Å². The van der Waals surface area contributed by atoms with Crippen LogP contribution in [0.25, 0.3) is 0 Å². The summed E-state index contributed by atoms with van der Waals surface area (Å²) in [7, 11) is 1.79. The summed E-state index contributed by atoms with van der Waals surface area (Å²) >= 11 is 1.64. The van der Waals surface area contributed by atoms with Gasteiger partial charge in [-0.1, -0.05) is 37.6 Å². The fourth-order valence-electron chi connectivity index (χ4n) is 6.06. The van der Waals surface area contributed by atoms with Crippen LogP contribution in [-0.2, 0) is 14.4 Å². The number of thioether (sulfide) groups is 1. The van der Waals surface area contributed by atoms with Crippen molar-refractivity contribution in [1.29, 1.82) is 0 Å². The van der Waals surface area contributed by atoms with Gasteiger partial charge in [-0.3, -0.25) is 14.4 Å². The first kappa shape index (κ1) is 24.3. The molecule has 2 saturated heterocycles. The lowest BCUT2D eigenvalue weighted by Crippen LogP contribution is -2.55. The molecular weight excluding hydrogens is 438 g/mol. The molecular formula is C25H37N3O4S. The first-order chi connectivity index (χ1) is 15.9. The van der Waals surface area contributed by atoms with Crippen LogP contribution < -0.4 is 0 Å². The lowest BCUT2D eigenvalue weighted by Gasteiger charge is -2.37. The normalized spacial score (nSPS) is 34.3. The monoisotopic (exact) mass is 475 g/mol. The van der Waals surface area contributed by atoms with Crippen LogP contribution in [0.2, 0.25) is 0 Å². The van der Waals surface area contributed by atoms with Gasteiger partial charge in [0.15, 0.2) is 0 Å². The van der Waals surface area contributed by atoms with Crippen molar-refractivity contribution in [1.82, 2.24) is 14.7 Å². The maximum atomic E-state index is 14.1. The summed E-state index contributed by atoms with van der Waals surface area (Å²) in [4.78, 5) is 46.8. The van der Waals surface area contributed by atoms with Crippen LogP contribution in [0.3, 0.4) is 0 Å². The molecule has 6 atom stereocenters. The van der Waals surface area contributed by atoms with E-state index in [1.807, 2.05) is 11.0 Å². The quantitative estimate of drug-likeness (QED) is 0.429. The van der Waals surface area contributed by atoms with Gasteiger partial charge in [-0.2, -0.15) is 0 Å². The molecule has 0 aliphatic carbocycles. The second kappa shape index (κ2) is 9.82. The van der Waals surface area contributed by atoms with E-state index in [2.05, 4.69) is 32.1 Å². The van der Waals surface area contributed by atoms with Gasteiger partial charge in [-0.15, -0.1) is 11.8 Å². The number of hydrogen-bond donors (Lipinski definition) is 1. The Kier molecular flexibility index (Phi) is 7.24. The number of unbranched alkanes of at least 4 members (excludes halogenated alkanes) is 2. The third-order valence-electron chi connectivity index (χ3n) is 7.69. The van der Waals surface area contributed by atoms with E-state index in [0.29, 0.717) is 26.1 Å². The van der Waals surface area contributed by atoms with Crippen molar-refractivity contribution in [2.75, 3.05) is 33.3 Å². The summed E-state index contributed by atoms with van der Waals surface area (Å²) < 4.78 is -0.723. The molecule has 33 heavy (non-hydrogen) atoms. The third kappa shape index (κ3) is 4.03. The zero-order valence-corrected chi connectivity index (χ0v) is 20.8. The van der Waals surface area contributed by atoms with E-state index in [1.54, 1.807) is 28.6 Å². The second-order valence-corrected chi connectivity index (χ2v) is 11.3. The predicted octanol–water partition coefficient (Wildman–Crippen LogP) is 2.06. The number of likely N-dealkylation sites (tertiary alicyclic amines) is 1. The summed E-state index contributed by atoms with van der Waals surface area (Å²) in [6, 6.07) is -0.497. The lowest BCUT2D eigenvalue weighted by molar-refractivity contribution is -0.144. The number of fused-ring (bicyclic) bond motifs is 2. The minimum absolute atomic E-state index is 0.00471. The van der Waals surface area contributed by atoms with Crippen molar-refractivity contribution in [3.05, 3.63) is 24.3 Å². The third-order valence-corrected chi connectivity index (χ3v) is 9.43. The molecule has 0 aromatic carbocycles. The zero-order valence-electron chi connectivity index (χ0n) is 20.0. The second-order valence-electron chi connectivity index (χ2n) is 9.84. The van der Waals surface area contributed by atoms with Crippen molar-refractivity contribution in [3.8, 4) is 0 Å². The van der Waals surface area contributed by atoms with Crippen LogP contribution in [0.4, 0.5) is 0 Å². The summed E-state index contributed by atoms with van der Waals surface area (Å²) in [6.45, 7) is 5.90. The van der Waals surface area contributed by atoms with Crippen LogP contribution in [0.5, 0.6) is 0 Å². The Labute approximate surface area is 201 Å². The average molecular weight is 476 g/mol. The summed E-state index contributed by atoms with van der Waals surface area (Å²) in [5, 5.41) is 9.06. The van der Waals surface area contributed by atoms with Crippen LogP contribution in [-0.4, -0.2) is 92.9 Å². The van der Waals surface area contributed by atoms with Crippen molar-refractivity contribution >= 4 is 29.5 Å². The molecule has 3 amide bonds. The van der Waals surface area contributed by atoms with E-state index in [1.165, 1.54) is 0 Å². The van der Waals surface area contributed by atoms with Gasteiger partial charge >= 0.3 is 0 Å². The molecule has 2 unspecified atom stereocenters. The van der Waals surface area contributed by atoms with E-state index < -0.39 is 22.6 Å². The first-order valence-electron chi connectivity index (χ1n) is 12.4. The summed E-state index contributed by atoms with van der Waals surface area (Å²) in [5.74, 6) is -1.05. The minimum Gasteiger partial charge on any atom is -0.396 e. The molecule has 0 bridgehead atoms. The highest BCUT2D eigenvalue weighted by Gasteiger charge is 2.70. The Balaban J connectivity index is 1.74. The van der Waals surface area contributed by atoms with Gasteiger partial charge in [-0.25, -0.2) is 0 Å². The molecule has 1 spiro atoms. The number of nitrogens with zero attached hydrogens (tertiary/aromatic N) is 3. The predicted molar refractivity (Wildman–Crippen MR) is 130 cm³/mol. The Hall–Kier alpha value is -1.80. The van der Waals surface area contributed by atoms with E-state index in [-0.39, 0.29) is 35.6 Å². The van der Waals surface area contributed by atoms with Crippen LogP contribution in [0.15, 0.2) is 24.3 Å². The molecule has 0 aromatic rings. The number of likely N-dealkylation sites (N-methyl/N-ethyl adjacent to an activating group) is 1. The smallest absolute Gasteiger partial charge is 0.247 e. The van der Waals surface area contributed by atoms with E-state index in [9.17, 15) is 14.4 Å². The van der Waals surface area contributed by atoms with Gasteiger partial charge in [0.1, 0.15) is 6.04 Å². The molecule has 182 valence electrons. The fraction of sp³-hybridized carbons (Fsp3) is 0.720. The molecule has 4 rings (SSSR count). The number of amides is 3. The van der Waals surface area contributed by atoms with Crippen molar-refractivity contribution in [3.63, 3.8) is 0 Å². The average Bonchev–Trinajstić information content (AvgIpc) is 3.10. The maximum Gasteiger partial charge on any atom is 0.247 e. The molecule has 4 heterocycles. The Bertz CT molecular complexity index is 846. The molecule has 4 aliphatic heterocycles. The lowest BCUT2D eigenvalue weighted by atomic mass is 9.78. The zero-order chi connectivity index (χ0) is 23.8. The maximum absolute atomic E-state index is 14.1. The number of hydrogen-bond acceptors (Lipinski definition) is 5. The van der Waals surface area contributed by atoms with E-state index in [0.717, 1.165) is 25.7 Å². The summed E-state index contributed by atoms with van der Waals surface area (Å²) in [6.07, 6.45) is 12.3. The molecule has 2 fully saturated rings. The van der Waals surface area contributed by atoms with Crippen LogP contribution >= 0.6 is 11.8 Å². The number of carbonyl (C=O) groups is 3.